The second kappa shape index (κ2) is 10.0. The van der Waals surface area contributed by atoms with Crippen LogP contribution in [0.15, 0.2) is 42.5 Å². The van der Waals surface area contributed by atoms with E-state index >= 15 is 0 Å². The Morgan fingerprint density at radius 3 is 2.38 bits per heavy atom. The minimum absolute atomic E-state index is 0.101. The van der Waals surface area contributed by atoms with Gasteiger partial charge in [0.1, 0.15) is 5.69 Å². The first-order chi connectivity index (χ1) is 16.2. The molecule has 0 spiro atoms. The molecule has 2 heterocycles. The van der Waals surface area contributed by atoms with Crippen LogP contribution in [-0.4, -0.2) is 41.9 Å². The fraction of sp³-hybridized carbons (Fsp3) is 0.458. The van der Waals surface area contributed by atoms with E-state index in [1.54, 1.807) is 4.90 Å². The number of nitro groups is 1. The van der Waals surface area contributed by atoms with Crippen molar-refractivity contribution in [3.63, 3.8) is 0 Å². The lowest BCUT2D eigenvalue weighted by Crippen LogP contribution is -2.38. The summed E-state index contributed by atoms with van der Waals surface area (Å²) in [5, 5.41) is 14.5. The van der Waals surface area contributed by atoms with Gasteiger partial charge in [0.05, 0.1) is 10.5 Å². The monoisotopic (exact) mass is 476 g/mol. The third-order valence-corrected chi connectivity index (χ3v) is 6.57. The van der Waals surface area contributed by atoms with Crippen LogP contribution in [-0.2, 0) is 17.5 Å². The van der Waals surface area contributed by atoms with Crippen LogP contribution in [0.25, 0.3) is 0 Å². The number of carbonyl (C=O) groups excluding carboxylic acids is 1. The van der Waals surface area contributed by atoms with Crippen LogP contribution in [0.5, 0.6) is 0 Å². The molecule has 7 nitrogen and oxygen atoms in total. The molecule has 0 aromatic heterocycles. The molecule has 182 valence electrons. The highest BCUT2D eigenvalue weighted by Gasteiger charge is 2.35. The first kappa shape index (κ1) is 24.0. The summed E-state index contributed by atoms with van der Waals surface area (Å²) in [5.41, 5.74) is 0.377. The van der Waals surface area contributed by atoms with Crippen LogP contribution in [0.3, 0.4) is 0 Å². The fourth-order valence-electron chi connectivity index (χ4n) is 4.69. The summed E-state index contributed by atoms with van der Waals surface area (Å²) in [4.78, 5) is 27.6. The highest BCUT2D eigenvalue weighted by Crippen LogP contribution is 2.38. The molecule has 34 heavy (non-hydrogen) atoms. The molecule has 2 aromatic carbocycles. The number of para-hydroxylation sites is 1. The van der Waals surface area contributed by atoms with E-state index in [4.69, 9.17) is 0 Å². The number of nitrogens with one attached hydrogen (secondary N) is 1. The SMILES string of the molecule is O=C(Nc1ccccc1CN1CCCC1)C1CCN(c2ccc(C(F)(F)F)cc2[N+](=O)[O-])CC1. The normalized spacial score (nSPS) is 17.7. The van der Waals surface area contributed by atoms with Gasteiger partial charge in [-0.2, -0.15) is 13.2 Å². The van der Waals surface area contributed by atoms with Crippen molar-refractivity contribution >= 4 is 23.0 Å². The Kier molecular flexibility index (Phi) is 7.06. The van der Waals surface area contributed by atoms with Crippen molar-refractivity contribution in [2.45, 2.75) is 38.4 Å². The summed E-state index contributed by atoms with van der Waals surface area (Å²) >= 11 is 0. The molecule has 0 aliphatic carbocycles. The van der Waals surface area contributed by atoms with Crippen LogP contribution < -0.4 is 10.2 Å². The molecule has 4 rings (SSSR count). The Morgan fingerprint density at radius 1 is 1.06 bits per heavy atom. The number of hydrogen-bond acceptors (Lipinski definition) is 5. The molecule has 0 saturated carbocycles. The number of piperidine rings is 1. The van der Waals surface area contributed by atoms with Crippen LogP contribution in [0.2, 0.25) is 0 Å². The zero-order valence-electron chi connectivity index (χ0n) is 18.7. The Morgan fingerprint density at radius 2 is 1.74 bits per heavy atom. The Balaban J connectivity index is 1.40. The van der Waals surface area contributed by atoms with E-state index in [0.717, 1.165) is 43.0 Å². The maximum Gasteiger partial charge on any atom is 0.416 e. The van der Waals surface area contributed by atoms with Gasteiger partial charge in [-0.15, -0.1) is 0 Å². The molecule has 0 radical (unpaired) electrons. The van der Waals surface area contributed by atoms with Gasteiger partial charge in [0.15, 0.2) is 0 Å². The van der Waals surface area contributed by atoms with Crippen molar-refractivity contribution in [3.8, 4) is 0 Å². The zero-order valence-corrected chi connectivity index (χ0v) is 18.7. The largest absolute Gasteiger partial charge is 0.416 e. The minimum atomic E-state index is -4.65. The third-order valence-electron chi connectivity index (χ3n) is 6.57. The van der Waals surface area contributed by atoms with E-state index in [-0.39, 0.29) is 17.5 Å². The van der Waals surface area contributed by atoms with Gasteiger partial charge in [-0.25, -0.2) is 0 Å². The first-order valence-electron chi connectivity index (χ1n) is 11.4. The lowest BCUT2D eigenvalue weighted by atomic mass is 9.95. The average Bonchev–Trinajstić information content (AvgIpc) is 3.32. The summed E-state index contributed by atoms with van der Waals surface area (Å²) in [7, 11) is 0. The first-order valence-corrected chi connectivity index (χ1v) is 11.4. The van der Waals surface area contributed by atoms with Gasteiger partial charge < -0.3 is 10.2 Å². The third kappa shape index (κ3) is 5.49. The highest BCUT2D eigenvalue weighted by atomic mass is 19.4. The Labute approximate surface area is 195 Å². The lowest BCUT2D eigenvalue weighted by molar-refractivity contribution is -0.384. The van der Waals surface area contributed by atoms with E-state index in [1.807, 2.05) is 24.3 Å². The quantitative estimate of drug-likeness (QED) is 0.466. The molecule has 2 aliphatic rings. The molecule has 1 N–H and O–H groups in total. The Hall–Kier alpha value is -3.14. The van der Waals surface area contributed by atoms with Crippen molar-refractivity contribution < 1.29 is 22.9 Å². The van der Waals surface area contributed by atoms with Gasteiger partial charge in [0, 0.05) is 37.3 Å². The number of benzene rings is 2. The van der Waals surface area contributed by atoms with Gasteiger partial charge in [-0.05, 0) is 62.5 Å². The molecule has 2 aromatic rings. The maximum atomic E-state index is 13.0. The van der Waals surface area contributed by atoms with Gasteiger partial charge in [0.25, 0.3) is 5.69 Å². The summed E-state index contributed by atoms with van der Waals surface area (Å²) < 4.78 is 38.9. The number of nitro benzene ring substituents is 1. The maximum absolute atomic E-state index is 13.0. The van der Waals surface area contributed by atoms with E-state index in [2.05, 4.69) is 10.2 Å². The van der Waals surface area contributed by atoms with E-state index in [0.29, 0.717) is 32.0 Å². The Bertz CT molecular complexity index is 1050. The van der Waals surface area contributed by atoms with Crippen molar-refractivity contribution in [2.24, 2.45) is 5.92 Å². The van der Waals surface area contributed by atoms with Crippen molar-refractivity contribution in [1.82, 2.24) is 4.90 Å². The number of amides is 1. The number of anilines is 2. The molecule has 1 amide bonds. The number of nitrogens with zero attached hydrogens (tertiary/aromatic N) is 3. The molecule has 10 heteroatoms. The predicted octanol–water partition coefficient (Wildman–Crippen LogP) is 5.06. The van der Waals surface area contributed by atoms with Crippen molar-refractivity contribution in [2.75, 3.05) is 36.4 Å². The summed E-state index contributed by atoms with van der Waals surface area (Å²) in [6.45, 7) is 3.58. The molecule has 2 fully saturated rings. The zero-order chi connectivity index (χ0) is 24.3. The molecule has 2 aliphatic heterocycles. The predicted molar refractivity (Wildman–Crippen MR) is 123 cm³/mol. The number of rotatable bonds is 6. The molecule has 0 atom stereocenters. The summed E-state index contributed by atoms with van der Waals surface area (Å²) in [6, 6.07) is 10.3. The van der Waals surface area contributed by atoms with E-state index in [1.165, 1.54) is 12.8 Å². The van der Waals surface area contributed by atoms with Gasteiger partial charge in [-0.3, -0.25) is 19.8 Å². The molecule has 0 unspecified atom stereocenters. The van der Waals surface area contributed by atoms with Crippen LogP contribution in [0.4, 0.5) is 30.2 Å². The number of alkyl halides is 3. The molecule has 0 bridgehead atoms. The number of carbonyl (C=O) groups is 1. The van der Waals surface area contributed by atoms with Crippen LogP contribution in [0, 0.1) is 16.0 Å². The summed E-state index contributed by atoms with van der Waals surface area (Å²) in [5.74, 6) is -0.375. The average molecular weight is 476 g/mol. The van der Waals surface area contributed by atoms with E-state index in [9.17, 15) is 28.1 Å². The minimum Gasteiger partial charge on any atom is -0.366 e. The number of halogens is 3. The molecule has 2 saturated heterocycles. The number of hydrogen-bond donors (Lipinski definition) is 1. The van der Waals surface area contributed by atoms with Crippen molar-refractivity contribution in [1.29, 1.82) is 0 Å². The van der Waals surface area contributed by atoms with Crippen LogP contribution >= 0.6 is 0 Å². The van der Waals surface area contributed by atoms with Gasteiger partial charge in [0.2, 0.25) is 5.91 Å². The summed E-state index contributed by atoms with van der Waals surface area (Å²) in [6.07, 6.45) is -1.37. The van der Waals surface area contributed by atoms with Crippen molar-refractivity contribution in [3.05, 3.63) is 63.7 Å². The van der Waals surface area contributed by atoms with E-state index < -0.39 is 22.4 Å². The lowest BCUT2D eigenvalue weighted by Gasteiger charge is -2.33. The topological polar surface area (TPSA) is 78.7 Å². The second-order valence-electron chi connectivity index (χ2n) is 8.85. The van der Waals surface area contributed by atoms with Gasteiger partial charge >= 0.3 is 6.18 Å². The smallest absolute Gasteiger partial charge is 0.366 e. The van der Waals surface area contributed by atoms with Gasteiger partial charge in [-0.1, -0.05) is 18.2 Å². The molecular weight excluding hydrogens is 449 g/mol. The standard InChI is InChI=1S/C24H27F3N4O3/c25-24(26,27)19-7-8-21(22(15-19)31(33)34)30-13-9-17(10-14-30)23(32)28-20-6-2-1-5-18(20)16-29-11-3-4-12-29/h1-2,5-8,15,17H,3-4,9-14,16H2,(H,28,32). The fourth-order valence-corrected chi connectivity index (χ4v) is 4.69. The second-order valence-corrected chi connectivity index (χ2v) is 8.85. The number of likely N-dealkylation sites (tertiary alicyclic amines) is 1. The van der Waals surface area contributed by atoms with Crippen LogP contribution in [0.1, 0.15) is 36.8 Å². The highest BCUT2D eigenvalue weighted by molar-refractivity contribution is 5.93. The molecular formula is C24H27F3N4O3.